The van der Waals surface area contributed by atoms with E-state index in [2.05, 4.69) is 6.07 Å². The number of hydrogen-bond donors (Lipinski definition) is 0. The minimum absolute atomic E-state index is 0.102. The fourth-order valence-corrected chi connectivity index (χ4v) is 3.04. The normalized spacial score (nSPS) is 16.5. The van der Waals surface area contributed by atoms with E-state index < -0.39 is 18.0 Å². The van der Waals surface area contributed by atoms with Crippen molar-refractivity contribution in [3.63, 3.8) is 0 Å². The molecule has 1 aliphatic heterocycles. The Balaban J connectivity index is 1.98. The van der Waals surface area contributed by atoms with Crippen molar-refractivity contribution >= 4 is 0 Å². The second-order valence-corrected chi connectivity index (χ2v) is 5.86. The summed E-state index contributed by atoms with van der Waals surface area (Å²) in [5.74, 6) is -0.423. The summed E-state index contributed by atoms with van der Waals surface area (Å²) < 4.78 is 54.0. The Hall–Kier alpha value is -2.33. The molecule has 24 heavy (non-hydrogen) atoms. The van der Waals surface area contributed by atoms with Crippen molar-refractivity contribution in [2.45, 2.75) is 32.2 Å². The maximum absolute atomic E-state index is 13.4. The molecule has 0 spiro atoms. The molecule has 0 aliphatic carbocycles. The quantitative estimate of drug-likeness (QED) is 0.778. The summed E-state index contributed by atoms with van der Waals surface area (Å²) in [6, 6.07) is 8.07. The van der Waals surface area contributed by atoms with Gasteiger partial charge in [-0.25, -0.2) is 4.39 Å². The monoisotopic (exact) mass is 337 g/mol. The van der Waals surface area contributed by atoms with Gasteiger partial charge in [0.1, 0.15) is 23.6 Å². The fourth-order valence-electron chi connectivity index (χ4n) is 3.04. The van der Waals surface area contributed by atoms with Gasteiger partial charge in [-0.1, -0.05) is 12.1 Å². The molecule has 0 N–H and O–H groups in total. The lowest BCUT2D eigenvalue weighted by molar-refractivity contribution is -0.182. The van der Waals surface area contributed by atoms with Crippen LogP contribution in [0.4, 0.5) is 17.6 Å². The molecule has 3 rings (SSSR count). The van der Waals surface area contributed by atoms with Crippen molar-refractivity contribution in [2.75, 3.05) is 6.54 Å². The van der Waals surface area contributed by atoms with Crippen LogP contribution < -0.4 is 0 Å². The number of alkyl halides is 3. The Morgan fingerprint density at radius 1 is 1.21 bits per heavy atom. The van der Waals surface area contributed by atoms with Crippen LogP contribution in [-0.2, 0) is 13.1 Å². The first-order valence-electron chi connectivity index (χ1n) is 7.50. The zero-order chi connectivity index (χ0) is 17.5. The highest BCUT2D eigenvalue weighted by Crippen LogP contribution is 2.32. The molecule has 0 saturated heterocycles. The van der Waals surface area contributed by atoms with E-state index in [4.69, 9.17) is 0 Å². The third kappa shape index (κ3) is 2.89. The van der Waals surface area contributed by atoms with Crippen LogP contribution in [0.3, 0.4) is 0 Å². The molecule has 1 aromatic heterocycles. The van der Waals surface area contributed by atoms with Crippen LogP contribution in [0.2, 0.25) is 0 Å². The minimum atomic E-state index is -4.29. The van der Waals surface area contributed by atoms with Gasteiger partial charge in [0.15, 0.2) is 0 Å². The van der Waals surface area contributed by atoms with E-state index in [1.165, 1.54) is 17.0 Å². The third-order valence-corrected chi connectivity index (χ3v) is 4.42. The molecule has 126 valence electrons. The van der Waals surface area contributed by atoms with Gasteiger partial charge in [0.25, 0.3) is 0 Å². The second-order valence-electron chi connectivity index (χ2n) is 5.86. The van der Waals surface area contributed by atoms with Crippen LogP contribution in [-0.4, -0.2) is 28.2 Å². The van der Waals surface area contributed by atoms with Gasteiger partial charge in [-0.2, -0.15) is 18.4 Å². The highest BCUT2D eigenvalue weighted by molar-refractivity contribution is 5.70. The van der Waals surface area contributed by atoms with E-state index in [1.807, 2.05) is 0 Å². The molecule has 1 aromatic carbocycles. The molecule has 0 radical (unpaired) electrons. The van der Waals surface area contributed by atoms with Crippen LogP contribution in [0.15, 0.2) is 30.3 Å². The zero-order valence-corrected chi connectivity index (χ0v) is 12.9. The number of nitrogens with zero attached hydrogens (tertiary/aromatic N) is 3. The molecule has 3 nitrogen and oxygen atoms in total. The lowest BCUT2D eigenvalue weighted by Crippen LogP contribution is -2.47. The Bertz CT molecular complexity index is 801. The Morgan fingerprint density at radius 2 is 1.96 bits per heavy atom. The number of rotatable bonds is 2. The van der Waals surface area contributed by atoms with Gasteiger partial charge in [-0.15, -0.1) is 0 Å². The summed E-state index contributed by atoms with van der Waals surface area (Å²) >= 11 is 0. The number of halogens is 4. The minimum Gasteiger partial charge on any atom is -0.333 e. The standard InChI is InChI=1S/C17H15F4N3/c1-11(17(19,20)21)23-5-6-24-14(10-23)8-15(16(24)9-22)12-3-2-4-13(18)7-12/h2-4,7-8,11H,5-6,10H2,1H3/t11-/m0/s1. The first-order valence-corrected chi connectivity index (χ1v) is 7.50. The van der Waals surface area contributed by atoms with E-state index in [-0.39, 0.29) is 13.1 Å². The number of nitriles is 1. The van der Waals surface area contributed by atoms with Crippen LogP contribution in [0.5, 0.6) is 0 Å². The van der Waals surface area contributed by atoms with E-state index in [9.17, 15) is 22.8 Å². The third-order valence-electron chi connectivity index (χ3n) is 4.42. The van der Waals surface area contributed by atoms with Crippen molar-refractivity contribution in [1.82, 2.24) is 9.47 Å². The van der Waals surface area contributed by atoms with E-state index in [0.29, 0.717) is 29.1 Å². The Morgan fingerprint density at radius 3 is 2.58 bits per heavy atom. The van der Waals surface area contributed by atoms with Crippen LogP contribution >= 0.6 is 0 Å². The molecular formula is C17H15F4N3. The molecule has 0 saturated carbocycles. The molecule has 0 bridgehead atoms. The molecule has 7 heteroatoms. The lowest BCUT2D eigenvalue weighted by atomic mass is 10.1. The van der Waals surface area contributed by atoms with Gasteiger partial charge in [0, 0.05) is 30.9 Å². The topological polar surface area (TPSA) is 32.0 Å². The van der Waals surface area contributed by atoms with Crippen molar-refractivity contribution < 1.29 is 17.6 Å². The number of fused-ring (bicyclic) bond motifs is 1. The number of benzene rings is 1. The highest BCUT2D eigenvalue weighted by atomic mass is 19.4. The predicted octanol–water partition coefficient (Wildman–Crippen LogP) is 3.93. The maximum atomic E-state index is 13.4. The lowest BCUT2D eigenvalue weighted by Gasteiger charge is -2.34. The van der Waals surface area contributed by atoms with Crippen LogP contribution in [0.1, 0.15) is 18.3 Å². The van der Waals surface area contributed by atoms with Crippen LogP contribution in [0.25, 0.3) is 11.1 Å². The molecule has 0 unspecified atom stereocenters. The molecule has 0 amide bonds. The number of aromatic nitrogens is 1. The molecule has 0 fully saturated rings. The summed E-state index contributed by atoms with van der Waals surface area (Å²) in [5, 5.41) is 9.44. The summed E-state index contributed by atoms with van der Waals surface area (Å²) in [5.41, 5.74) is 2.08. The number of hydrogen-bond acceptors (Lipinski definition) is 2. The van der Waals surface area contributed by atoms with E-state index >= 15 is 0 Å². The van der Waals surface area contributed by atoms with Gasteiger partial charge in [0.2, 0.25) is 0 Å². The molecule has 1 aliphatic rings. The zero-order valence-electron chi connectivity index (χ0n) is 12.9. The van der Waals surface area contributed by atoms with Gasteiger partial charge in [-0.05, 0) is 30.7 Å². The summed E-state index contributed by atoms with van der Waals surface area (Å²) in [6.07, 6.45) is -4.29. The first-order chi connectivity index (χ1) is 11.3. The van der Waals surface area contributed by atoms with Crippen molar-refractivity contribution in [3.05, 3.63) is 47.5 Å². The molecule has 2 aromatic rings. The Labute approximate surface area is 136 Å². The van der Waals surface area contributed by atoms with Crippen molar-refractivity contribution in [1.29, 1.82) is 5.26 Å². The van der Waals surface area contributed by atoms with E-state index in [1.54, 1.807) is 22.8 Å². The molecule has 2 heterocycles. The van der Waals surface area contributed by atoms with Gasteiger partial charge < -0.3 is 4.57 Å². The summed E-state index contributed by atoms with van der Waals surface area (Å²) in [7, 11) is 0. The van der Waals surface area contributed by atoms with Gasteiger partial charge in [0.05, 0.1) is 0 Å². The first kappa shape index (κ1) is 16.5. The SMILES string of the molecule is C[C@H](N1CCn2c(cc(-c3cccc(F)c3)c2C#N)C1)C(F)(F)F. The average molecular weight is 337 g/mol. The van der Waals surface area contributed by atoms with Gasteiger partial charge in [-0.3, -0.25) is 4.90 Å². The predicted molar refractivity (Wildman–Crippen MR) is 80.5 cm³/mol. The maximum Gasteiger partial charge on any atom is 0.403 e. The van der Waals surface area contributed by atoms with Crippen molar-refractivity contribution in [2.24, 2.45) is 0 Å². The second kappa shape index (κ2) is 5.95. The fraction of sp³-hybridized carbons (Fsp3) is 0.353. The largest absolute Gasteiger partial charge is 0.403 e. The molecular weight excluding hydrogens is 322 g/mol. The van der Waals surface area contributed by atoms with Crippen LogP contribution in [0, 0.1) is 17.1 Å². The van der Waals surface area contributed by atoms with E-state index in [0.717, 1.165) is 6.92 Å². The summed E-state index contributed by atoms with van der Waals surface area (Å²) in [4.78, 5) is 1.34. The van der Waals surface area contributed by atoms with Gasteiger partial charge >= 0.3 is 6.18 Å². The van der Waals surface area contributed by atoms with Crippen molar-refractivity contribution in [3.8, 4) is 17.2 Å². The smallest absolute Gasteiger partial charge is 0.333 e. The Kier molecular flexibility index (Phi) is 4.10. The summed E-state index contributed by atoms with van der Waals surface area (Å²) in [6.45, 7) is 1.75. The average Bonchev–Trinajstić information content (AvgIpc) is 2.90. The highest BCUT2D eigenvalue weighted by Gasteiger charge is 2.41. The molecule has 1 atom stereocenters.